The molecule has 0 saturated heterocycles. The second kappa shape index (κ2) is 6.56. The fourth-order valence-corrected chi connectivity index (χ4v) is 1.31. The highest BCUT2D eigenvalue weighted by Crippen LogP contribution is 2.24. The number of allylic oxidation sites excluding steroid dienone is 1. The van der Waals surface area contributed by atoms with Crippen LogP contribution in [0.5, 0.6) is 5.75 Å². The van der Waals surface area contributed by atoms with Crippen LogP contribution in [0.1, 0.15) is 12.0 Å². The van der Waals surface area contributed by atoms with Crippen LogP contribution in [0.3, 0.4) is 0 Å². The molecular formula is C12H10ClNO3. The van der Waals surface area contributed by atoms with E-state index in [4.69, 9.17) is 26.7 Å². The van der Waals surface area contributed by atoms with Gasteiger partial charge in [0.1, 0.15) is 5.75 Å². The quantitative estimate of drug-likeness (QED) is 0.873. The average molecular weight is 252 g/mol. The van der Waals surface area contributed by atoms with Crippen molar-refractivity contribution in [1.29, 1.82) is 5.26 Å². The summed E-state index contributed by atoms with van der Waals surface area (Å²) >= 11 is 5.79. The number of ether oxygens (including phenoxy) is 1. The van der Waals surface area contributed by atoms with E-state index in [1.165, 1.54) is 6.07 Å². The lowest BCUT2D eigenvalue weighted by atomic mass is 10.2. The molecule has 0 spiro atoms. The summed E-state index contributed by atoms with van der Waals surface area (Å²) in [6.07, 6.45) is 3.63. The van der Waals surface area contributed by atoms with Crippen molar-refractivity contribution in [2.75, 3.05) is 6.61 Å². The summed E-state index contributed by atoms with van der Waals surface area (Å²) in [5.74, 6) is -0.675. The van der Waals surface area contributed by atoms with Crippen LogP contribution in [-0.2, 0) is 4.79 Å². The van der Waals surface area contributed by atoms with Crippen molar-refractivity contribution in [2.45, 2.75) is 6.42 Å². The molecule has 0 amide bonds. The number of hydrogen-bond acceptors (Lipinski definition) is 3. The Morgan fingerprint density at radius 3 is 3.00 bits per heavy atom. The lowest BCUT2D eigenvalue weighted by molar-refractivity contribution is -0.139. The SMILES string of the molecule is N#CCC=Cc1ccc(Cl)cc1OCC(=O)O. The summed E-state index contributed by atoms with van der Waals surface area (Å²) in [5, 5.41) is 17.4. The molecule has 0 aliphatic heterocycles. The maximum atomic E-state index is 10.4. The molecule has 1 aromatic rings. The smallest absolute Gasteiger partial charge is 0.341 e. The van der Waals surface area contributed by atoms with Crippen molar-refractivity contribution in [1.82, 2.24) is 0 Å². The second-order valence-electron chi connectivity index (χ2n) is 3.13. The van der Waals surface area contributed by atoms with Crippen molar-refractivity contribution in [2.24, 2.45) is 0 Å². The van der Waals surface area contributed by atoms with Gasteiger partial charge in [0.25, 0.3) is 0 Å². The molecule has 1 N–H and O–H groups in total. The maximum absolute atomic E-state index is 10.4. The zero-order valence-corrected chi connectivity index (χ0v) is 9.65. The van der Waals surface area contributed by atoms with Crippen LogP contribution >= 0.6 is 11.6 Å². The molecule has 0 fully saturated rings. The van der Waals surface area contributed by atoms with E-state index >= 15 is 0 Å². The Kier molecular flexibility index (Phi) is 5.05. The minimum atomic E-state index is -1.06. The van der Waals surface area contributed by atoms with E-state index in [-0.39, 0.29) is 6.42 Å². The molecule has 1 rings (SSSR count). The van der Waals surface area contributed by atoms with Gasteiger partial charge in [0.15, 0.2) is 6.61 Å². The molecule has 0 aliphatic carbocycles. The number of nitriles is 1. The monoisotopic (exact) mass is 251 g/mol. The third-order valence-corrected chi connectivity index (χ3v) is 2.07. The molecule has 0 saturated carbocycles. The first-order valence-corrected chi connectivity index (χ1v) is 5.19. The largest absolute Gasteiger partial charge is 0.481 e. The molecular weight excluding hydrogens is 242 g/mol. The van der Waals surface area contributed by atoms with Gasteiger partial charge in [-0.2, -0.15) is 5.26 Å². The van der Waals surface area contributed by atoms with Gasteiger partial charge >= 0.3 is 5.97 Å². The van der Waals surface area contributed by atoms with Crippen LogP contribution < -0.4 is 4.74 Å². The van der Waals surface area contributed by atoms with E-state index in [9.17, 15) is 4.79 Å². The summed E-state index contributed by atoms with van der Waals surface area (Å²) in [7, 11) is 0. The summed E-state index contributed by atoms with van der Waals surface area (Å²) in [6.45, 7) is -0.431. The molecule has 17 heavy (non-hydrogen) atoms. The van der Waals surface area contributed by atoms with Crippen LogP contribution in [0.15, 0.2) is 24.3 Å². The lowest BCUT2D eigenvalue weighted by Gasteiger charge is -2.07. The minimum Gasteiger partial charge on any atom is -0.481 e. The highest BCUT2D eigenvalue weighted by molar-refractivity contribution is 6.30. The fourth-order valence-electron chi connectivity index (χ4n) is 1.15. The van der Waals surface area contributed by atoms with Gasteiger partial charge in [-0.25, -0.2) is 4.79 Å². The van der Waals surface area contributed by atoms with E-state index in [1.54, 1.807) is 24.3 Å². The molecule has 0 aromatic heterocycles. The number of hydrogen-bond donors (Lipinski definition) is 1. The zero-order valence-electron chi connectivity index (χ0n) is 8.89. The summed E-state index contributed by atoms with van der Waals surface area (Å²) in [6, 6.07) is 6.88. The van der Waals surface area contributed by atoms with Crippen molar-refractivity contribution in [3.8, 4) is 11.8 Å². The second-order valence-corrected chi connectivity index (χ2v) is 3.57. The summed E-state index contributed by atoms with van der Waals surface area (Å²) in [4.78, 5) is 10.4. The summed E-state index contributed by atoms with van der Waals surface area (Å²) < 4.78 is 5.09. The van der Waals surface area contributed by atoms with E-state index in [0.29, 0.717) is 16.3 Å². The molecule has 0 atom stereocenters. The first-order chi connectivity index (χ1) is 8.13. The number of carboxylic acid groups (broad SMARTS) is 1. The molecule has 0 unspecified atom stereocenters. The van der Waals surface area contributed by atoms with Crippen molar-refractivity contribution in [3.63, 3.8) is 0 Å². The van der Waals surface area contributed by atoms with E-state index in [1.807, 2.05) is 6.07 Å². The van der Waals surface area contributed by atoms with Crippen LogP contribution in [-0.4, -0.2) is 17.7 Å². The number of carbonyl (C=O) groups is 1. The van der Waals surface area contributed by atoms with Gasteiger partial charge in [0, 0.05) is 10.6 Å². The number of halogens is 1. The average Bonchev–Trinajstić information content (AvgIpc) is 2.29. The van der Waals surface area contributed by atoms with Gasteiger partial charge in [-0.15, -0.1) is 0 Å². The third-order valence-electron chi connectivity index (χ3n) is 1.83. The number of aliphatic carboxylic acids is 1. The van der Waals surface area contributed by atoms with Gasteiger partial charge in [-0.1, -0.05) is 23.8 Å². The van der Waals surface area contributed by atoms with Crippen molar-refractivity contribution in [3.05, 3.63) is 34.9 Å². The first-order valence-electron chi connectivity index (χ1n) is 4.81. The van der Waals surface area contributed by atoms with Gasteiger partial charge in [-0.05, 0) is 18.2 Å². The van der Waals surface area contributed by atoms with Crippen molar-refractivity contribution < 1.29 is 14.6 Å². The van der Waals surface area contributed by atoms with Crippen LogP contribution in [0.4, 0.5) is 0 Å². The number of rotatable bonds is 5. The number of carboxylic acids is 1. The van der Waals surface area contributed by atoms with Crippen LogP contribution in [0.2, 0.25) is 5.02 Å². The van der Waals surface area contributed by atoms with Gasteiger partial charge in [0.05, 0.1) is 12.5 Å². The molecule has 5 heteroatoms. The Hall–Kier alpha value is -1.99. The molecule has 0 aliphatic rings. The Balaban J connectivity index is 2.88. The van der Waals surface area contributed by atoms with Crippen LogP contribution in [0.25, 0.3) is 6.08 Å². The van der Waals surface area contributed by atoms with Crippen molar-refractivity contribution >= 4 is 23.6 Å². The Morgan fingerprint density at radius 2 is 2.35 bits per heavy atom. The molecule has 0 heterocycles. The maximum Gasteiger partial charge on any atom is 0.341 e. The predicted octanol–water partition coefficient (Wildman–Crippen LogP) is 2.73. The molecule has 0 radical (unpaired) electrons. The highest BCUT2D eigenvalue weighted by atomic mass is 35.5. The molecule has 88 valence electrons. The molecule has 1 aromatic carbocycles. The first kappa shape index (κ1) is 13.1. The predicted molar refractivity (Wildman–Crippen MR) is 63.8 cm³/mol. The Bertz CT molecular complexity index is 477. The van der Waals surface area contributed by atoms with E-state index in [2.05, 4.69) is 0 Å². The van der Waals surface area contributed by atoms with Gasteiger partial charge in [0.2, 0.25) is 0 Å². The number of nitrogens with zero attached hydrogens (tertiary/aromatic N) is 1. The number of benzene rings is 1. The van der Waals surface area contributed by atoms with Gasteiger partial charge in [-0.3, -0.25) is 0 Å². The van der Waals surface area contributed by atoms with Crippen LogP contribution in [0, 0.1) is 11.3 Å². The highest BCUT2D eigenvalue weighted by Gasteiger charge is 2.04. The third kappa shape index (κ3) is 4.58. The molecule has 0 bridgehead atoms. The normalized spacial score (nSPS) is 10.1. The lowest BCUT2D eigenvalue weighted by Crippen LogP contribution is -2.10. The summed E-state index contributed by atoms with van der Waals surface area (Å²) in [5.41, 5.74) is 0.686. The fraction of sp³-hybridized carbons (Fsp3) is 0.167. The zero-order chi connectivity index (χ0) is 12.7. The van der Waals surface area contributed by atoms with E-state index in [0.717, 1.165) is 0 Å². The molecule has 4 nitrogen and oxygen atoms in total. The topological polar surface area (TPSA) is 70.3 Å². The van der Waals surface area contributed by atoms with E-state index < -0.39 is 12.6 Å². The minimum absolute atomic E-state index is 0.279. The van der Waals surface area contributed by atoms with Gasteiger partial charge < -0.3 is 9.84 Å². The Morgan fingerprint density at radius 1 is 1.59 bits per heavy atom. The standard InChI is InChI=1S/C12H10ClNO3/c13-10-5-4-9(3-1-2-6-14)11(7-10)17-8-12(15)16/h1,3-5,7H,2,8H2,(H,15,16). The Labute approximate surface area is 104 Å².